The minimum Gasteiger partial charge on any atom is -0.464 e. The molecule has 6 heteroatoms. The van der Waals surface area contributed by atoms with Crippen LogP contribution in [-0.4, -0.2) is 18.1 Å². The summed E-state index contributed by atoms with van der Waals surface area (Å²) in [6.45, 7) is 0. The van der Waals surface area contributed by atoms with Crippen LogP contribution in [0.25, 0.3) is 0 Å². The normalized spacial score (nSPS) is 10.3. The van der Waals surface area contributed by atoms with Crippen molar-refractivity contribution < 1.29 is 9.53 Å². The molecule has 0 aliphatic rings. The molecule has 0 radical (unpaired) electrons. The van der Waals surface area contributed by atoms with Crippen molar-refractivity contribution in [2.75, 3.05) is 12.8 Å². The number of methoxy groups -OCH3 is 1. The van der Waals surface area contributed by atoms with Crippen molar-refractivity contribution in [1.82, 2.24) is 4.98 Å². The fourth-order valence-corrected chi connectivity index (χ4v) is 2.81. The van der Waals surface area contributed by atoms with Gasteiger partial charge < -0.3 is 10.5 Å². The lowest BCUT2D eigenvalue weighted by Gasteiger charge is -2.06. The van der Waals surface area contributed by atoms with Crippen LogP contribution < -0.4 is 5.73 Å². The number of nitrogens with zero attached hydrogens (tertiary/aromatic N) is 1. The summed E-state index contributed by atoms with van der Waals surface area (Å²) in [5, 5.41) is 0. The molecule has 0 spiro atoms. The number of carbonyl (C=O) groups is 1. The highest BCUT2D eigenvalue weighted by atomic mass is 79.9. The number of esters is 1. The summed E-state index contributed by atoms with van der Waals surface area (Å²) in [5.74, 6) is 0.205. The van der Waals surface area contributed by atoms with Gasteiger partial charge in [0, 0.05) is 20.8 Å². The van der Waals surface area contributed by atoms with Crippen LogP contribution in [0.15, 0.2) is 45.8 Å². The number of ether oxygens (including phenoxy) is 1. The number of nitrogen functional groups attached to an aromatic ring is 1. The fourth-order valence-electron chi connectivity index (χ4n) is 1.58. The molecule has 0 aliphatic heterocycles. The topological polar surface area (TPSA) is 65.2 Å². The quantitative estimate of drug-likeness (QED) is 0.518. The second-order valence-electron chi connectivity index (χ2n) is 3.98. The average Bonchev–Trinajstić information content (AvgIpc) is 2.46. The van der Waals surface area contributed by atoms with Crippen molar-refractivity contribution in [1.29, 1.82) is 0 Å². The molecule has 0 amide bonds. The summed E-state index contributed by atoms with van der Waals surface area (Å²) < 4.78 is 5.60. The van der Waals surface area contributed by atoms with Crippen molar-refractivity contribution >= 4 is 39.3 Å². The molecule has 0 fully saturated rings. The molecule has 0 bridgehead atoms. The van der Waals surface area contributed by atoms with Crippen molar-refractivity contribution in [3.8, 4) is 0 Å². The van der Waals surface area contributed by atoms with Crippen LogP contribution in [0.3, 0.4) is 0 Å². The number of halogens is 1. The molecular weight excluding hydrogens is 340 g/mol. The molecule has 2 aromatic rings. The molecule has 0 aliphatic carbocycles. The third kappa shape index (κ3) is 3.74. The summed E-state index contributed by atoms with van der Waals surface area (Å²) >= 11 is 4.95. The van der Waals surface area contributed by atoms with Crippen LogP contribution in [-0.2, 0) is 10.5 Å². The van der Waals surface area contributed by atoms with Crippen molar-refractivity contribution in [3.63, 3.8) is 0 Å². The zero-order valence-corrected chi connectivity index (χ0v) is 13.2. The number of hydrogen-bond donors (Lipinski definition) is 1. The van der Waals surface area contributed by atoms with E-state index in [-0.39, 0.29) is 0 Å². The lowest BCUT2D eigenvalue weighted by atomic mass is 10.3. The van der Waals surface area contributed by atoms with E-state index in [4.69, 9.17) is 5.73 Å². The Labute approximate surface area is 129 Å². The van der Waals surface area contributed by atoms with E-state index in [1.165, 1.54) is 7.11 Å². The minimum absolute atomic E-state index is 0.314. The van der Waals surface area contributed by atoms with Gasteiger partial charge in [-0.25, -0.2) is 9.78 Å². The first-order valence-corrected chi connectivity index (χ1v) is 7.60. The predicted molar refractivity (Wildman–Crippen MR) is 83.7 cm³/mol. The second-order valence-corrected chi connectivity index (χ2v) is 5.91. The molecule has 0 atom stereocenters. The number of carbonyl (C=O) groups excluding carboxylic acids is 1. The number of benzene rings is 1. The van der Waals surface area contributed by atoms with Gasteiger partial charge in [-0.15, -0.1) is 11.8 Å². The van der Waals surface area contributed by atoms with E-state index in [0.29, 0.717) is 17.1 Å². The maximum Gasteiger partial charge on any atom is 0.356 e. The van der Waals surface area contributed by atoms with Gasteiger partial charge in [0.1, 0.15) is 5.69 Å². The van der Waals surface area contributed by atoms with Crippen molar-refractivity contribution in [2.45, 2.75) is 10.6 Å². The zero-order valence-electron chi connectivity index (χ0n) is 10.8. The van der Waals surface area contributed by atoms with Gasteiger partial charge in [-0.3, -0.25) is 0 Å². The summed E-state index contributed by atoms with van der Waals surface area (Å²) in [4.78, 5) is 16.7. The van der Waals surface area contributed by atoms with Crippen molar-refractivity contribution in [3.05, 3.63) is 52.3 Å². The van der Waals surface area contributed by atoms with Crippen LogP contribution in [0.4, 0.5) is 5.69 Å². The summed E-state index contributed by atoms with van der Waals surface area (Å²) in [5.41, 5.74) is 7.78. The molecule has 104 valence electrons. The monoisotopic (exact) mass is 352 g/mol. The van der Waals surface area contributed by atoms with Gasteiger partial charge in [-0.1, -0.05) is 22.0 Å². The number of rotatable bonds is 4. The van der Waals surface area contributed by atoms with E-state index >= 15 is 0 Å². The number of pyridine rings is 1. The Hall–Kier alpha value is -1.53. The molecule has 1 aromatic carbocycles. The lowest BCUT2D eigenvalue weighted by molar-refractivity contribution is 0.0594. The fraction of sp³-hybridized carbons (Fsp3) is 0.143. The standard InChI is InChI=1S/C14H13BrN2O2S/c1-19-14(18)12-4-2-3-10(17-12)8-20-13-6-5-9(15)7-11(13)16/h2-7H,8,16H2,1H3. The maximum atomic E-state index is 11.4. The minimum atomic E-state index is -0.431. The van der Waals surface area contributed by atoms with E-state index in [1.54, 1.807) is 23.9 Å². The number of nitrogens with two attached hydrogens (primary N) is 1. The van der Waals surface area contributed by atoms with E-state index in [0.717, 1.165) is 15.1 Å². The molecule has 0 unspecified atom stereocenters. The molecule has 1 heterocycles. The summed E-state index contributed by atoms with van der Waals surface area (Å²) in [6, 6.07) is 11.1. The number of anilines is 1. The summed E-state index contributed by atoms with van der Waals surface area (Å²) in [7, 11) is 1.34. The third-order valence-electron chi connectivity index (χ3n) is 2.55. The Morgan fingerprint density at radius 1 is 1.40 bits per heavy atom. The Bertz CT molecular complexity index is 634. The van der Waals surface area contributed by atoms with E-state index in [9.17, 15) is 4.79 Å². The zero-order chi connectivity index (χ0) is 14.5. The number of hydrogen-bond acceptors (Lipinski definition) is 5. The highest BCUT2D eigenvalue weighted by molar-refractivity contribution is 9.10. The van der Waals surface area contributed by atoms with Crippen LogP contribution >= 0.6 is 27.7 Å². The molecule has 0 saturated carbocycles. The van der Waals surface area contributed by atoms with Gasteiger partial charge in [0.2, 0.25) is 0 Å². The van der Waals surface area contributed by atoms with E-state index in [1.807, 2.05) is 24.3 Å². The first-order chi connectivity index (χ1) is 9.60. The second kappa shape index (κ2) is 6.76. The molecule has 2 rings (SSSR count). The van der Waals surface area contributed by atoms with Crippen LogP contribution in [0.2, 0.25) is 0 Å². The maximum absolute atomic E-state index is 11.4. The first kappa shape index (κ1) is 14.9. The largest absolute Gasteiger partial charge is 0.464 e. The van der Waals surface area contributed by atoms with Crippen LogP contribution in [0.5, 0.6) is 0 Å². The molecule has 4 nitrogen and oxygen atoms in total. The predicted octanol–water partition coefficient (Wildman–Crippen LogP) is 3.51. The summed E-state index contributed by atoms with van der Waals surface area (Å²) in [6.07, 6.45) is 0. The molecule has 1 aromatic heterocycles. The molecular formula is C14H13BrN2O2S. The molecule has 20 heavy (non-hydrogen) atoms. The average molecular weight is 353 g/mol. The van der Waals surface area contributed by atoms with Crippen LogP contribution in [0, 0.1) is 0 Å². The van der Waals surface area contributed by atoms with Gasteiger partial charge in [0.15, 0.2) is 0 Å². The van der Waals surface area contributed by atoms with Gasteiger partial charge >= 0.3 is 5.97 Å². The highest BCUT2D eigenvalue weighted by Crippen LogP contribution is 2.29. The highest BCUT2D eigenvalue weighted by Gasteiger charge is 2.08. The first-order valence-electron chi connectivity index (χ1n) is 5.82. The smallest absolute Gasteiger partial charge is 0.356 e. The Kier molecular flexibility index (Phi) is 5.03. The van der Waals surface area contributed by atoms with E-state index in [2.05, 4.69) is 25.7 Å². The van der Waals surface area contributed by atoms with Gasteiger partial charge in [0.05, 0.1) is 12.8 Å². The molecule has 0 saturated heterocycles. The third-order valence-corrected chi connectivity index (χ3v) is 4.16. The number of thioether (sulfide) groups is 1. The molecule has 2 N–H and O–H groups in total. The van der Waals surface area contributed by atoms with Crippen molar-refractivity contribution in [2.24, 2.45) is 0 Å². The SMILES string of the molecule is COC(=O)c1cccc(CSc2ccc(Br)cc2N)n1. The Balaban J connectivity index is 2.09. The van der Waals surface area contributed by atoms with Gasteiger partial charge in [0.25, 0.3) is 0 Å². The van der Waals surface area contributed by atoms with Gasteiger partial charge in [-0.05, 0) is 30.3 Å². The number of aromatic nitrogens is 1. The lowest BCUT2D eigenvalue weighted by Crippen LogP contribution is -2.05. The van der Waals surface area contributed by atoms with Crippen LogP contribution in [0.1, 0.15) is 16.2 Å². The Morgan fingerprint density at radius 3 is 2.90 bits per heavy atom. The van der Waals surface area contributed by atoms with Gasteiger partial charge in [-0.2, -0.15) is 0 Å². The Morgan fingerprint density at radius 2 is 2.20 bits per heavy atom. The van der Waals surface area contributed by atoms with E-state index < -0.39 is 5.97 Å².